The molecular formula is C13H16N4O4. The first-order valence-corrected chi connectivity index (χ1v) is 6.24. The number of pyridine rings is 1. The van der Waals surface area contributed by atoms with E-state index < -0.39 is 23.3 Å². The SMILES string of the molecule is COC(=O)c1ccc(N)c(N2CC(=O)NC(=O)C2(C)C)n1. The zero-order valence-corrected chi connectivity index (χ0v) is 12.0. The average molecular weight is 292 g/mol. The normalized spacial score (nSPS) is 17.4. The van der Waals surface area contributed by atoms with Gasteiger partial charge in [0.15, 0.2) is 11.5 Å². The van der Waals surface area contributed by atoms with Crippen LogP contribution in [0.4, 0.5) is 11.5 Å². The molecule has 0 saturated carbocycles. The lowest BCUT2D eigenvalue weighted by atomic mass is 9.98. The number of imide groups is 1. The van der Waals surface area contributed by atoms with Gasteiger partial charge in [0.2, 0.25) is 5.91 Å². The average Bonchev–Trinajstić information content (AvgIpc) is 2.43. The number of nitrogens with two attached hydrogens (primary N) is 1. The van der Waals surface area contributed by atoms with Gasteiger partial charge in [0.25, 0.3) is 5.91 Å². The van der Waals surface area contributed by atoms with Crippen molar-refractivity contribution >= 4 is 29.3 Å². The van der Waals surface area contributed by atoms with Crippen molar-refractivity contribution in [3.05, 3.63) is 17.8 Å². The van der Waals surface area contributed by atoms with Crippen LogP contribution in [0, 0.1) is 0 Å². The molecule has 1 saturated heterocycles. The topological polar surface area (TPSA) is 115 Å². The molecule has 0 radical (unpaired) electrons. The van der Waals surface area contributed by atoms with Gasteiger partial charge in [-0.3, -0.25) is 14.9 Å². The van der Waals surface area contributed by atoms with Gasteiger partial charge < -0.3 is 15.4 Å². The lowest BCUT2D eigenvalue weighted by Crippen LogP contribution is -2.64. The predicted octanol–water partition coefficient (Wildman–Crippen LogP) is -0.308. The highest BCUT2D eigenvalue weighted by Gasteiger charge is 2.42. The number of nitrogens with one attached hydrogen (secondary N) is 1. The molecule has 8 nitrogen and oxygen atoms in total. The first kappa shape index (κ1) is 14.8. The minimum atomic E-state index is -1.02. The molecule has 0 unspecified atom stereocenters. The molecule has 21 heavy (non-hydrogen) atoms. The van der Waals surface area contributed by atoms with Gasteiger partial charge in [0.1, 0.15) is 5.54 Å². The second kappa shape index (κ2) is 5.04. The molecule has 1 aliphatic heterocycles. The number of amides is 2. The van der Waals surface area contributed by atoms with Gasteiger partial charge in [0, 0.05) is 0 Å². The Morgan fingerprint density at radius 2 is 2.10 bits per heavy atom. The van der Waals surface area contributed by atoms with Crippen LogP contribution in [0.2, 0.25) is 0 Å². The number of aromatic nitrogens is 1. The molecule has 0 atom stereocenters. The van der Waals surface area contributed by atoms with E-state index in [9.17, 15) is 14.4 Å². The molecule has 1 aromatic rings. The third-order valence-electron chi connectivity index (χ3n) is 3.34. The van der Waals surface area contributed by atoms with Crippen molar-refractivity contribution in [1.82, 2.24) is 10.3 Å². The van der Waals surface area contributed by atoms with Crippen molar-refractivity contribution < 1.29 is 19.1 Å². The zero-order valence-electron chi connectivity index (χ0n) is 12.0. The Labute approximate surface area is 121 Å². The van der Waals surface area contributed by atoms with Gasteiger partial charge in [-0.05, 0) is 26.0 Å². The third kappa shape index (κ3) is 2.51. The third-order valence-corrected chi connectivity index (χ3v) is 3.34. The van der Waals surface area contributed by atoms with Crippen molar-refractivity contribution in [3.63, 3.8) is 0 Å². The van der Waals surface area contributed by atoms with Crippen molar-refractivity contribution in [3.8, 4) is 0 Å². The van der Waals surface area contributed by atoms with Crippen LogP contribution in [0.25, 0.3) is 0 Å². The summed E-state index contributed by atoms with van der Waals surface area (Å²) in [6.07, 6.45) is 0. The number of piperazine rings is 1. The molecule has 0 aliphatic carbocycles. The first-order chi connectivity index (χ1) is 9.77. The van der Waals surface area contributed by atoms with Crippen molar-refractivity contribution in [2.24, 2.45) is 0 Å². The van der Waals surface area contributed by atoms with Crippen LogP contribution < -0.4 is 16.0 Å². The van der Waals surface area contributed by atoms with Crippen LogP contribution in [-0.2, 0) is 14.3 Å². The molecule has 0 aromatic carbocycles. The van der Waals surface area contributed by atoms with Gasteiger partial charge >= 0.3 is 5.97 Å². The lowest BCUT2D eigenvalue weighted by molar-refractivity contribution is -0.135. The van der Waals surface area contributed by atoms with E-state index in [1.807, 2.05) is 0 Å². The van der Waals surface area contributed by atoms with Crippen molar-refractivity contribution in [2.45, 2.75) is 19.4 Å². The number of methoxy groups -OCH3 is 1. The smallest absolute Gasteiger partial charge is 0.356 e. The Morgan fingerprint density at radius 3 is 2.71 bits per heavy atom. The summed E-state index contributed by atoms with van der Waals surface area (Å²) < 4.78 is 4.61. The molecule has 0 bridgehead atoms. The van der Waals surface area contributed by atoms with Crippen LogP contribution >= 0.6 is 0 Å². The first-order valence-electron chi connectivity index (χ1n) is 6.24. The summed E-state index contributed by atoms with van der Waals surface area (Å²) in [5.74, 6) is -1.33. The molecule has 1 aliphatic rings. The fourth-order valence-electron chi connectivity index (χ4n) is 2.02. The van der Waals surface area contributed by atoms with Gasteiger partial charge in [0.05, 0.1) is 19.3 Å². The van der Waals surface area contributed by atoms with Crippen molar-refractivity contribution in [1.29, 1.82) is 0 Å². The highest BCUT2D eigenvalue weighted by atomic mass is 16.5. The van der Waals surface area contributed by atoms with E-state index in [-0.39, 0.29) is 23.7 Å². The van der Waals surface area contributed by atoms with Crippen molar-refractivity contribution in [2.75, 3.05) is 24.3 Å². The molecule has 2 amide bonds. The number of rotatable bonds is 2. The van der Waals surface area contributed by atoms with Crippen LogP contribution in [0.15, 0.2) is 12.1 Å². The number of ether oxygens (including phenoxy) is 1. The van der Waals surface area contributed by atoms with Gasteiger partial charge in [-0.25, -0.2) is 9.78 Å². The van der Waals surface area contributed by atoms with Gasteiger partial charge in [-0.2, -0.15) is 0 Å². The summed E-state index contributed by atoms with van der Waals surface area (Å²) in [7, 11) is 1.24. The molecule has 112 valence electrons. The fraction of sp³-hybridized carbons (Fsp3) is 0.385. The second-order valence-electron chi connectivity index (χ2n) is 5.12. The molecule has 1 aromatic heterocycles. The fourth-order valence-corrected chi connectivity index (χ4v) is 2.02. The van der Waals surface area contributed by atoms with E-state index in [0.717, 1.165) is 0 Å². The molecule has 8 heteroatoms. The highest BCUT2D eigenvalue weighted by Crippen LogP contribution is 2.29. The zero-order chi connectivity index (χ0) is 15.8. The molecule has 2 rings (SSSR count). The maximum absolute atomic E-state index is 12.0. The van der Waals surface area contributed by atoms with E-state index in [1.165, 1.54) is 24.1 Å². The Balaban J connectivity index is 2.51. The van der Waals surface area contributed by atoms with Crippen LogP contribution in [0.1, 0.15) is 24.3 Å². The molecule has 3 N–H and O–H groups in total. The van der Waals surface area contributed by atoms with E-state index >= 15 is 0 Å². The molecular weight excluding hydrogens is 276 g/mol. The maximum Gasteiger partial charge on any atom is 0.356 e. The number of hydrogen-bond donors (Lipinski definition) is 2. The van der Waals surface area contributed by atoms with E-state index in [2.05, 4.69) is 15.0 Å². The quantitative estimate of drug-likeness (QED) is 0.567. The van der Waals surface area contributed by atoms with Crippen LogP contribution in [0.5, 0.6) is 0 Å². The predicted molar refractivity (Wildman–Crippen MR) is 74.6 cm³/mol. The second-order valence-corrected chi connectivity index (χ2v) is 5.12. The van der Waals surface area contributed by atoms with Crippen LogP contribution in [0.3, 0.4) is 0 Å². The number of nitrogens with zero attached hydrogens (tertiary/aromatic N) is 2. The van der Waals surface area contributed by atoms with Gasteiger partial charge in [-0.1, -0.05) is 0 Å². The number of carbonyl (C=O) groups is 3. The number of carbonyl (C=O) groups excluding carboxylic acids is 3. The minimum Gasteiger partial charge on any atom is -0.464 e. The maximum atomic E-state index is 12.0. The van der Waals surface area contributed by atoms with Gasteiger partial charge in [-0.15, -0.1) is 0 Å². The number of anilines is 2. The number of nitrogen functional groups attached to an aromatic ring is 1. The summed E-state index contributed by atoms with van der Waals surface area (Å²) in [5, 5.41) is 2.26. The summed E-state index contributed by atoms with van der Waals surface area (Å²) in [5.41, 5.74) is 5.16. The van der Waals surface area contributed by atoms with E-state index in [4.69, 9.17) is 5.73 Å². The Morgan fingerprint density at radius 1 is 1.43 bits per heavy atom. The summed E-state index contributed by atoms with van der Waals surface area (Å²) in [6, 6.07) is 2.91. The Hall–Kier alpha value is -2.64. The molecule has 0 spiro atoms. The molecule has 1 fully saturated rings. The Bertz CT molecular complexity index is 627. The standard InChI is InChI=1S/C13H16N4O4/c1-13(2)12(20)16-9(18)6-17(13)10-7(14)4-5-8(15-10)11(19)21-3/h4-5H,6,14H2,1-3H3,(H,16,18,20). The number of esters is 1. The molecule has 2 heterocycles. The lowest BCUT2D eigenvalue weighted by Gasteiger charge is -2.41. The summed E-state index contributed by atoms with van der Waals surface area (Å²) in [4.78, 5) is 40.7. The summed E-state index contributed by atoms with van der Waals surface area (Å²) >= 11 is 0. The summed E-state index contributed by atoms with van der Waals surface area (Å²) in [6.45, 7) is 3.20. The Kier molecular flexibility index (Phi) is 3.54. The monoisotopic (exact) mass is 292 g/mol. The van der Waals surface area contributed by atoms with Crippen LogP contribution in [-0.4, -0.2) is 42.0 Å². The largest absolute Gasteiger partial charge is 0.464 e. The van der Waals surface area contributed by atoms with E-state index in [0.29, 0.717) is 0 Å². The number of hydrogen-bond acceptors (Lipinski definition) is 7. The van der Waals surface area contributed by atoms with E-state index in [1.54, 1.807) is 13.8 Å². The highest BCUT2D eigenvalue weighted by molar-refractivity contribution is 6.07. The minimum absolute atomic E-state index is 0.0518.